The van der Waals surface area contributed by atoms with E-state index in [-0.39, 0.29) is 22.9 Å². The number of amides is 1. The number of halogens is 2. The molecule has 2 aliphatic heterocycles. The number of benzene rings is 2. The van der Waals surface area contributed by atoms with Crippen molar-refractivity contribution in [2.24, 2.45) is 4.99 Å². The van der Waals surface area contributed by atoms with Gasteiger partial charge in [0.15, 0.2) is 5.82 Å². The Morgan fingerprint density at radius 1 is 1.03 bits per heavy atom. The Kier molecular flexibility index (Phi) is 5.73. The zero-order chi connectivity index (χ0) is 26.7. The van der Waals surface area contributed by atoms with Crippen LogP contribution in [0.15, 0.2) is 77.9 Å². The van der Waals surface area contributed by atoms with Crippen LogP contribution in [-0.4, -0.2) is 50.7 Å². The first-order valence-corrected chi connectivity index (χ1v) is 13.9. The zero-order valence-electron chi connectivity index (χ0n) is 21.1. The molecular formula is C29H25BrFN7O. The minimum Gasteiger partial charge on any atom is -0.340 e. The van der Waals surface area contributed by atoms with Gasteiger partial charge in [0.05, 0.1) is 12.1 Å². The van der Waals surface area contributed by atoms with Crippen molar-refractivity contribution in [1.29, 1.82) is 0 Å². The van der Waals surface area contributed by atoms with Gasteiger partial charge in [-0.15, -0.1) is 0 Å². The predicted molar refractivity (Wildman–Crippen MR) is 152 cm³/mol. The fourth-order valence-corrected chi connectivity index (χ4v) is 6.34. The minimum absolute atomic E-state index is 0.136. The van der Waals surface area contributed by atoms with E-state index in [9.17, 15) is 9.18 Å². The lowest BCUT2D eigenvalue weighted by molar-refractivity contribution is 0.0866. The van der Waals surface area contributed by atoms with E-state index < -0.39 is 5.95 Å². The monoisotopic (exact) mass is 585 g/mol. The molecule has 0 radical (unpaired) electrons. The predicted octanol–water partition coefficient (Wildman–Crippen LogP) is 5.95. The van der Waals surface area contributed by atoms with Gasteiger partial charge in [0.1, 0.15) is 16.3 Å². The molecule has 1 aliphatic carbocycles. The van der Waals surface area contributed by atoms with Crippen LogP contribution in [0.1, 0.15) is 40.1 Å². The number of carbonyl (C=O) groups is 1. The van der Waals surface area contributed by atoms with Crippen molar-refractivity contribution < 1.29 is 9.18 Å². The third-order valence-corrected chi connectivity index (χ3v) is 8.63. The van der Waals surface area contributed by atoms with Gasteiger partial charge in [-0.3, -0.25) is 14.6 Å². The fourth-order valence-electron chi connectivity index (χ4n) is 5.74. The van der Waals surface area contributed by atoms with Crippen LogP contribution in [0.25, 0.3) is 11.1 Å². The lowest BCUT2D eigenvalue weighted by atomic mass is 10.1. The van der Waals surface area contributed by atoms with Crippen LogP contribution in [-0.2, 0) is 0 Å². The van der Waals surface area contributed by atoms with E-state index in [2.05, 4.69) is 31.1 Å². The summed E-state index contributed by atoms with van der Waals surface area (Å²) in [5.74, 6) is 1.29. The van der Waals surface area contributed by atoms with Crippen LogP contribution < -0.4 is 10.2 Å². The number of nitrogens with zero attached hydrogens (tertiary/aromatic N) is 6. The molecule has 2 aromatic heterocycles. The second kappa shape index (κ2) is 9.30. The second-order valence-corrected chi connectivity index (χ2v) is 10.9. The second-order valence-electron chi connectivity index (χ2n) is 10.0. The van der Waals surface area contributed by atoms with Gasteiger partial charge in [0.2, 0.25) is 11.9 Å². The van der Waals surface area contributed by atoms with Crippen molar-refractivity contribution in [3.63, 3.8) is 0 Å². The highest BCUT2D eigenvalue weighted by atomic mass is 79.9. The number of fused-ring (bicyclic) bond motifs is 5. The Balaban J connectivity index is 1.32. The average molecular weight is 586 g/mol. The highest BCUT2D eigenvalue weighted by molar-refractivity contribution is 9.09. The summed E-state index contributed by atoms with van der Waals surface area (Å²) < 4.78 is 15.1. The van der Waals surface area contributed by atoms with Crippen LogP contribution >= 0.6 is 15.9 Å². The first-order valence-electron chi connectivity index (χ1n) is 13.0. The first-order chi connectivity index (χ1) is 19.0. The molecule has 1 N–H and O–H groups in total. The standard InChI is InChI=1S/C29H25BrFN7O/c1-36-28(39)24-26(33-20-6-3-2-4-7-20)38(35-27(24)37-22-9-5-8-21(22)34-29(36)37)25(30)18-12-10-17(11-13-18)19-14-15-23(31)32-16-19/h2-4,6-7,10-16,21-22,25,33H,5,8-9H2,1H3/t21-,22+,25?/m1/s1. The molecule has 7 rings (SSSR count). The highest BCUT2D eigenvalue weighted by Gasteiger charge is 2.49. The van der Waals surface area contributed by atoms with Crippen molar-refractivity contribution in [2.45, 2.75) is 36.3 Å². The quantitative estimate of drug-likeness (QED) is 0.231. The number of aliphatic imine (C=N–C) groups is 1. The van der Waals surface area contributed by atoms with Crippen molar-refractivity contribution in [3.05, 3.63) is 90.0 Å². The number of rotatable bonds is 5. The number of carbonyl (C=O) groups excluding carboxylic acids is 1. The van der Waals surface area contributed by atoms with E-state index in [1.165, 1.54) is 12.3 Å². The van der Waals surface area contributed by atoms with Gasteiger partial charge in [-0.2, -0.15) is 9.49 Å². The molecule has 2 aromatic carbocycles. The Morgan fingerprint density at radius 2 is 1.79 bits per heavy atom. The number of hydrogen-bond donors (Lipinski definition) is 1. The maximum Gasteiger partial charge on any atom is 0.267 e. The molecule has 196 valence electrons. The van der Waals surface area contributed by atoms with E-state index in [0.29, 0.717) is 23.2 Å². The van der Waals surface area contributed by atoms with Gasteiger partial charge in [-0.1, -0.05) is 58.4 Å². The number of hydrogen-bond acceptors (Lipinski definition) is 6. The summed E-state index contributed by atoms with van der Waals surface area (Å²) in [6.45, 7) is 0. The molecule has 1 unspecified atom stereocenters. The maximum absolute atomic E-state index is 13.8. The molecule has 1 fully saturated rings. The third-order valence-electron chi connectivity index (χ3n) is 7.71. The molecule has 1 saturated carbocycles. The molecule has 4 heterocycles. The lowest BCUT2D eigenvalue weighted by Crippen LogP contribution is -2.51. The van der Waals surface area contributed by atoms with Crippen molar-refractivity contribution in [3.8, 4) is 11.1 Å². The zero-order valence-corrected chi connectivity index (χ0v) is 22.7. The molecule has 10 heteroatoms. The average Bonchev–Trinajstić information content (AvgIpc) is 3.66. The largest absolute Gasteiger partial charge is 0.340 e. The van der Waals surface area contributed by atoms with E-state index in [4.69, 9.17) is 10.1 Å². The summed E-state index contributed by atoms with van der Waals surface area (Å²) in [5, 5.41) is 8.53. The smallest absolute Gasteiger partial charge is 0.267 e. The van der Waals surface area contributed by atoms with Gasteiger partial charge < -0.3 is 5.32 Å². The number of anilines is 3. The molecule has 0 spiro atoms. The van der Waals surface area contributed by atoms with Gasteiger partial charge in [0.25, 0.3) is 5.91 Å². The number of para-hydroxylation sites is 1. The molecule has 3 atom stereocenters. The molecule has 0 saturated heterocycles. The van der Waals surface area contributed by atoms with Crippen LogP contribution in [0, 0.1) is 5.95 Å². The van der Waals surface area contributed by atoms with Gasteiger partial charge >= 0.3 is 0 Å². The molecule has 3 aliphatic rings. The molecular weight excluding hydrogens is 561 g/mol. The summed E-state index contributed by atoms with van der Waals surface area (Å²) in [7, 11) is 1.79. The van der Waals surface area contributed by atoms with Crippen molar-refractivity contribution in [2.75, 3.05) is 17.3 Å². The van der Waals surface area contributed by atoms with Crippen LogP contribution in [0.3, 0.4) is 0 Å². The topological polar surface area (TPSA) is 78.7 Å². The van der Waals surface area contributed by atoms with E-state index >= 15 is 0 Å². The number of aromatic nitrogens is 3. The van der Waals surface area contributed by atoms with E-state index in [1.54, 1.807) is 18.0 Å². The van der Waals surface area contributed by atoms with E-state index in [1.807, 2.05) is 59.3 Å². The number of nitrogens with one attached hydrogen (secondary N) is 1. The molecule has 4 aromatic rings. The molecule has 0 bridgehead atoms. The molecule has 1 amide bonds. The van der Waals surface area contributed by atoms with Gasteiger partial charge in [0, 0.05) is 24.5 Å². The van der Waals surface area contributed by atoms with Crippen LogP contribution in [0.4, 0.5) is 21.7 Å². The minimum atomic E-state index is -0.507. The summed E-state index contributed by atoms with van der Waals surface area (Å²) in [5.41, 5.74) is 4.09. The Bertz CT molecular complexity index is 1590. The molecule has 39 heavy (non-hydrogen) atoms. The normalized spacial score (nSPS) is 20.4. The Labute approximate surface area is 233 Å². The van der Waals surface area contributed by atoms with Gasteiger partial charge in [-0.05, 0) is 54.7 Å². The Morgan fingerprint density at radius 3 is 2.54 bits per heavy atom. The van der Waals surface area contributed by atoms with E-state index in [0.717, 1.165) is 41.6 Å². The number of alkyl halides is 1. The number of pyridine rings is 1. The summed E-state index contributed by atoms with van der Waals surface area (Å²) in [4.78, 5) is 25.9. The Hall–Kier alpha value is -4.05. The van der Waals surface area contributed by atoms with Gasteiger partial charge in [-0.25, -0.2) is 14.7 Å². The van der Waals surface area contributed by atoms with Crippen molar-refractivity contribution in [1.82, 2.24) is 19.7 Å². The first kappa shape index (κ1) is 24.0. The summed E-state index contributed by atoms with van der Waals surface area (Å²) in [6, 6.07) is 21.2. The lowest BCUT2D eigenvalue weighted by Gasteiger charge is -2.34. The number of guanidine groups is 1. The highest BCUT2D eigenvalue weighted by Crippen LogP contribution is 2.44. The fraction of sp³-hybridized carbons (Fsp3) is 0.241. The molecule has 8 nitrogen and oxygen atoms in total. The summed E-state index contributed by atoms with van der Waals surface area (Å²) in [6.07, 6.45) is 4.68. The summed E-state index contributed by atoms with van der Waals surface area (Å²) >= 11 is 3.86. The SMILES string of the molecule is CN1C(=O)c2c(nn(C(Br)c3ccc(-c4ccc(F)nc4)cc3)c2Nc2ccccc2)N2C1=N[C@@H]1CCC[C@@H]12. The van der Waals surface area contributed by atoms with Crippen LogP contribution in [0.5, 0.6) is 0 Å². The van der Waals surface area contributed by atoms with Crippen molar-refractivity contribution >= 4 is 45.1 Å². The third kappa shape index (κ3) is 3.93. The maximum atomic E-state index is 13.8. The van der Waals surface area contributed by atoms with Crippen LogP contribution in [0.2, 0.25) is 0 Å².